The van der Waals surface area contributed by atoms with E-state index in [4.69, 9.17) is 4.74 Å². The van der Waals surface area contributed by atoms with Crippen LogP contribution in [-0.2, 0) is 22.7 Å². The number of carbonyl (C=O) groups is 2. The summed E-state index contributed by atoms with van der Waals surface area (Å²) in [5.74, 6) is -0.0762. The van der Waals surface area contributed by atoms with Crippen molar-refractivity contribution in [2.24, 2.45) is 5.92 Å². The summed E-state index contributed by atoms with van der Waals surface area (Å²) in [4.78, 5) is 30.2. The molecular weight excluding hydrogens is 428 g/mol. The lowest BCUT2D eigenvalue weighted by molar-refractivity contribution is -0.119. The largest absolute Gasteiger partial charge is 0.445 e. The predicted molar refractivity (Wildman–Crippen MR) is 132 cm³/mol. The molecule has 0 spiro atoms. The molecule has 4 rings (SSSR count). The van der Waals surface area contributed by atoms with E-state index in [1.165, 1.54) is 0 Å². The number of nitrogens with zero attached hydrogens (tertiary/aromatic N) is 2. The zero-order valence-corrected chi connectivity index (χ0v) is 19.3. The average Bonchev–Trinajstić information content (AvgIpc) is 3.19. The molecule has 34 heavy (non-hydrogen) atoms. The number of nitrogens with one attached hydrogen (secondary N) is 2. The summed E-state index contributed by atoms with van der Waals surface area (Å²) in [6.07, 6.45) is -0.643. The first-order valence-corrected chi connectivity index (χ1v) is 11.3. The molecule has 4 aromatic rings. The van der Waals surface area contributed by atoms with Crippen LogP contribution in [0.1, 0.15) is 25.0 Å². The number of fused-ring (bicyclic) bond motifs is 1. The summed E-state index contributed by atoms with van der Waals surface area (Å²) in [6, 6.07) is 26.3. The van der Waals surface area contributed by atoms with Crippen molar-refractivity contribution in [2.45, 2.75) is 33.0 Å². The molecule has 0 bridgehead atoms. The van der Waals surface area contributed by atoms with E-state index in [0.717, 1.165) is 22.2 Å². The van der Waals surface area contributed by atoms with Gasteiger partial charge in [-0.1, -0.05) is 86.6 Å². The highest BCUT2D eigenvalue weighted by molar-refractivity contribution is 5.97. The van der Waals surface area contributed by atoms with Gasteiger partial charge in [0.25, 0.3) is 0 Å². The Hall–Kier alpha value is -4.13. The molecule has 174 valence electrons. The van der Waals surface area contributed by atoms with Crippen LogP contribution in [0.3, 0.4) is 0 Å². The average molecular weight is 457 g/mol. The van der Waals surface area contributed by atoms with Gasteiger partial charge in [-0.3, -0.25) is 10.1 Å². The Morgan fingerprint density at radius 2 is 1.50 bits per heavy atom. The molecule has 2 amide bonds. The second kappa shape index (κ2) is 10.7. The number of hydrogen-bond acceptors (Lipinski definition) is 4. The van der Waals surface area contributed by atoms with Gasteiger partial charge in [0.1, 0.15) is 12.6 Å². The molecule has 7 heteroatoms. The van der Waals surface area contributed by atoms with Gasteiger partial charge in [-0.2, -0.15) is 0 Å². The predicted octanol–water partition coefficient (Wildman–Crippen LogP) is 4.97. The van der Waals surface area contributed by atoms with E-state index in [1.807, 2.05) is 103 Å². The molecule has 0 aliphatic carbocycles. The van der Waals surface area contributed by atoms with E-state index in [0.29, 0.717) is 12.5 Å². The van der Waals surface area contributed by atoms with Crippen LogP contribution in [0.5, 0.6) is 0 Å². The van der Waals surface area contributed by atoms with Crippen LogP contribution in [0.15, 0.2) is 84.9 Å². The number of imidazole rings is 1. The van der Waals surface area contributed by atoms with Crippen molar-refractivity contribution in [1.29, 1.82) is 0 Å². The summed E-state index contributed by atoms with van der Waals surface area (Å²) in [5.41, 5.74) is 3.66. The number of ether oxygens (including phenoxy) is 1. The third-order valence-electron chi connectivity index (χ3n) is 5.51. The highest BCUT2D eigenvalue weighted by Gasteiger charge is 2.26. The lowest BCUT2D eigenvalue weighted by atomic mass is 10.0. The topological polar surface area (TPSA) is 85.2 Å². The van der Waals surface area contributed by atoms with Gasteiger partial charge in [-0.05, 0) is 29.2 Å². The van der Waals surface area contributed by atoms with E-state index in [9.17, 15) is 9.59 Å². The summed E-state index contributed by atoms with van der Waals surface area (Å²) in [6.45, 7) is 4.42. The summed E-state index contributed by atoms with van der Waals surface area (Å²) < 4.78 is 7.27. The second-order valence-electron chi connectivity index (χ2n) is 8.41. The lowest BCUT2D eigenvalue weighted by Gasteiger charge is -2.21. The third-order valence-corrected chi connectivity index (χ3v) is 5.51. The maximum atomic E-state index is 13.2. The van der Waals surface area contributed by atoms with Gasteiger partial charge < -0.3 is 14.6 Å². The Morgan fingerprint density at radius 3 is 2.18 bits per heavy atom. The number of rotatable bonds is 8. The number of aromatic nitrogens is 2. The zero-order chi connectivity index (χ0) is 23.9. The van der Waals surface area contributed by atoms with E-state index in [-0.39, 0.29) is 18.4 Å². The maximum Gasteiger partial charge on any atom is 0.408 e. The molecule has 2 N–H and O–H groups in total. The van der Waals surface area contributed by atoms with Crippen LogP contribution in [0.2, 0.25) is 0 Å². The van der Waals surface area contributed by atoms with Crippen LogP contribution in [0, 0.1) is 5.92 Å². The van der Waals surface area contributed by atoms with Crippen molar-refractivity contribution in [3.05, 3.63) is 96.1 Å². The number of hydrogen-bond donors (Lipinski definition) is 2. The third kappa shape index (κ3) is 5.61. The van der Waals surface area contributed by atoms with Gasteiger partial charge in [0.15, 0.2) is 0 Å². The molecule has 0 saturated carbocycles. The Bertz CT molecular complexity index is 1250. The molecule has 0 unspecified atom stereocenters. The minimum absolute atomic E-state index is 0.131. The highest BCUT2D eigenvalue weighted by Crippen LogP contribution is 2.22. The molecule has 7 nitrogen and oxygen atoms in total. The second-order valence-corrected chi connectivity index (χ2v) is 8.41. The smallest absolute Gasteiger partial charge is 0.408 e. The van der Waals surface area contributed by atoms with Crippen molar-refractivity contribution >= 4 is 29.0 Å². The summed E-state index contributed by atoms with van der Waals surface area (Å²) >= 11 is 0. The number of para-hydroxylation sites is 2. The number of anilines is 1. The first-order valence-electron chi connectivity index (χ1n) is 11.3. The Balaban J connectivity index is 1.50. The van der Waals surface area contributed by atoms with Gasteiger partial charge in [-0.15, -0.1) is 0 Å². The van der Waals surface area contributed by atoms with Crippen LogP contribution < -0.4 is 10.6 Å². The number of benzene rings is 3. The monoisotopic (exact) mass is 456 g/mol. The molecule has 0 fully saturated rings. The molecule has 1 atom stereocenters. The van der Waals surface area contributed by atoms with Gasteiger partial charge in [0.2, 0.25) is 11.9 Å². The summed E-state index contributed by atoms with van der Waals surface area (Å²) in [5, 5.41) is 5.62. The molecule has 1 aromatic heterocycles. The van der Waals surface area contributed by atoms with E-state index >= 15 is 0 Å². The number of carbonyl (C=O) groups excluding carboxylic acids is 2. The summed E-state index contributed by atoms with van der Waals surface area (Å²) in [7, 11) is 0. The van der Waals surface area contributed by atoms with Gasteiger partial charge in [-0.25, -0.2) is 9.78 Å². The minimum atomic E-state index is -0.784. The standard InChI is InChI=1S/C27H28N4O3/c1-19(2)24(29-27(33)34-18-21-13-7-4-8-14-21)25(32)30-26-28-22-15-9-10-16-23(22)31(26)17-20-11-5-3-6-12-20/h3-16,19,24H,17-18H2,1-2H3,(H,29,33)(H,28,30,32)/t24-/m0/s1. The molecule has 0 aliphatic rings. The maximum absolute atomic E-state index is 13.2. The molecule has 1 heterocycles. The van der Waals surface area contributed by atoms with Crippen LogP contribution in [0.4, 0.5) is 10.7 Å². The van der Waals surface area contributed by atoms with Crippen molar-refractivity contribution < 1.29 is 14.3 Å². The van der Waals surface area contributed by atoms with Crippen LogP contribution >= 0.6 is 0 Å². The van der Waals surface area contributed by atoms with Gasteiger partial charge in [0, 0.05) is 0 Å². The molecule has 0 radical (unpaired) electrons. The molecule has 0 saturated heterocycles. The minimum Gasteiger partial charge on any atom is -0.445 e. The lowest BCUT2D eigenvalue weighted by Crippen LogP contribution is -2.47. The Labute approximate surface area is 198 Å². The van der Waals surface area contributed by atoms with Gasteiger partial charge >= 0.3 is 6.09 Å². The number of alkyl carbamates (subject to hydrolysis) is 1. The van der Waals surface area contributed by atoms with Gasteiger partial charge in [0.05, 0.1) is 17.6 Å². The van der Waals surface area contributed by atoms with Crippen molar-refractivity contribution in [1.82, 2.24) is 14.9 Å². The van der Waals surface area contributed by atoms with Crippen LogP contribution in [0.25, 0.3) is 11.0 Å². The normalized spacial score (nSPS) is 11.9. The zero-order valence-electron chi connectivity index (χ0n) is 19.3. The first-order chi connectivity index (χ1) is 16.5. The van der Waals surface area contributed by atoms with Crippen molar-refractivity contribution in [2.75, 3.05) is 5.32 Å². The Morgan fingerprint density at radius 1 is 0.882 bits per heavy atom. The van der Waals surface area contributed by atoms with Crippen LogP contribution in [-0.4, -0.2) is 27.6 Å². The van der Waals surface area contributed by atoms with E-state index < -0.39 is 12.1 Å². The fraction of sp³-hybridized carbons (Fsp3) is 0.222. The fourth-order valence-electron chi connectivity index (χ4n) is 3.71. The number of amides is 2. The Kier molecular flexibility index (Phi) is 7.22. The fourth-order valence-corrected chi connectivity index (χ4v) is 3.71. The highest BCUT2D eigenvalue weighted by atomic mass is 16.5. The molecule has 3 aromatic carbocycles. The van der Waals surface area contributed by atoms with E-state index in [1.54, 1.807) is 0 Å². The van der Waals surface area contributed by atoms with Crippen molar-refractivity contribution in [3.8, 4) is 0 Å². The SMILES string of the molecule is CC(C)[C@H](NC(=O)OCc1ccccc1)C(=O)Nc1nc2ccccc2n1Cc1ccccc1. The van der Waals surface area contributed by atoms with E-state index in [2.05, 4.69) is 15.6 Å². The molecular formula is C27H28N4O3. The quantitative estimate of drug-likeness (QED) is 0.392. The first kappa shape index (κ1) is 23.0. The van der Waals surface area contributed by atoms with Crippen molar-refractivity contribution in [3.63, 3.8) is 0 Å². The molecule has 0 aliphatic heterocycles.